The number of aryl methyl sites for hydroxylation is 1. The maximum absolute atomic E-state index is 12.8. The summed E-state index contributed by atoms with van der Waals surface area (Å²) in [5, 5.41) is 0. The Hall–Kier alpha value is -2.57. The van der Waals surface area contributed by atoms with Crippen LogP contribution in [0.15, 0.2) is 30.3 Å². The molecule has 1 amide bonds. The number of nitrogens with zero attached hydrogens (tertiary/aromatic N) is 2. The number of aromatic nitrogens is 1. The van der Waals surface area contributed by atoms with Gasteiger partial charge in [0.05, 0.1) is 17.7 Å². The highest BCUT2D eigenvalue weighted by Crippen LogP contribution is 2.29. The van der Waals surface area contributed by atoms with Crippen molar-refractivity contribution in [2.24, 2.45) is 7.05 Å². The molecule has 0 unspecified atom stereocenters. The first kappa shape index (κ1) is 20.7. The standard InChI is InChI=1S/C20H23F3N2O2/c1-5-25(6-2)17(26)12-16-11-13(3)18(24(16)4)19(27)14-7-9-15(10-8-14)20(21,22)23/h7-11H,5-6,12H2,1-4H3. The molecule has 27 heavy (non-hydrogen) atoms. The predicted octanol–water partition coefficient (Wildman–Crippen LogP) is 3.99. The average molecular weight is 380 g/mol. The molecular formula is C20H23F3N2O2. The minimum absolute atomic E-state index is 0.0332. The second-order valence-corrected chi connectivity index (χ2v) is 6.37. The van der Waals surface area contributed by atoms with Crippen LogP contribution < -0.4 is 0 Å². The molecule has 0 aliphatic heterocycles. The second-order valence-electron chi connectivity index (χ2n) is 6.37. The van der Waals surface area contributed by atoms with Crippen molar-refractivity contribution in [3.05, 3.63) is 58.4 Å². The molecule has 1 aromatic heterocycles. The molecule has 146 valence electrons. The van der Waals surface area contributed by atoms with E-state index >= 15 is 0 Å². The normalized spacial score (nSPS) is 11.5. The maximum atomic E-state index is 12.8. The van der Waals surface area contributed by atoms with E-state index in [0.717, 1.165) is 12.1 Å². The van der Waals surface area contributed by atoms with Gasteiger partial charge in [-0.05, 0) is 44.5 Å². The summed E-state index contributed by atoms with van der Waals surface area (Å²) in [4.78, 5) is 26.8. The minimum Gasteiger partial charge on any atom is -0.344 e. The number of rotatable bonds is 6. The molecule has 0 saturated carbocycles. The number of hydrogen-bond acceptors (Lipinski definition) is 2. The number of carbonyl (C=O) groups excluding carboxylic acids is 2. The van der Waals surface area contributed by atoms with Crippen molar-refractivity contribution in [2.75, 3.05) is 13.1 Å². The van der Waals surface area contributed by atoms with Crippen LogP contribution in [0.5, 0.6) is 0 Å². The molecular weight excluding hydrogens is 357 g/mol. The number of amides is 1. The molecule has 1 aromatic carbocycles. The van der Waals surface area contributed by atoms with Gasteiger partial charge in [0, 0.05) is 31.4 Å². The van der Waals surface area contributed by atoms with E-state index in [9.17, 15) is 22.8 Å². The van der Waals surface area contributed by atoms with Crippen LogP contribution in [0.4, 0.5) is 13.2 Å². The Kier molecular flexibility index (Phi) is 6.13. The number of likely N-dealkylation sites (N-methyl/N-ethyl adjacent to an activating group) is 1. The lowest BCUT2D eigenvalue weighted by molar-refractivity contribution is -0.137. The zero-order valence-electron chi connectivity index (χ0n) is 15.9. The van der Waals surface area contributed by atoms with Crippen LogP contribution in [0.25, 0.3) is 0 Å². The topological polar surface area (TPSA) is 42.3 Å². The van der Waals surface area contributed by atoms with Crippen molar-refractivity contribution in [3.8, 4) is 0 Å². The predicted molar refractivity (Wildman–Crippen MR) is 96.7 cm³/mol. The Morgan fingerprint density at radius 2 is 1.63 bits per heavy atom. The van der Waals surface area contributed by atoms with Gasteiger partial charge >= 0.3 is 6.18 Å². The van der Waals surface area contributed by atoms with E-state index in [-0.39, 0.29) is 23.7 Å². The fraction of sp³-hybridized carbons (Fsp3) is 0.400. The molecule has 0 spiro atoms. The number of ketones is 1. The zero-order chi connectivity index (χ0) is 20.4. The average Bonchev–Trinajstić information content (AvgIpc) is 2.88. The lowest BCUT2D eigenvalue weighted by Gasteiger charge is -2.18. The molecule has 7 heteroatoms. The first-order valence-corrected chi connectivity index (χ1v) is 8.75. The molecule has 4 nitrogen and oxygen atoms in total. The Balaban J connectivity index is 2.30. The van der Waals surface area contributed by atoms with Gasteiger partial charge in [0.25, 0.3) is 0 Å². The van der Waals surface area contributed by atoms with Gasteiger partial charge in [0.15, 0.2) is 0 Å². The smallest absolute Gasteiger partial charge is 0.344 e. The minimum atomic E-state index is -4.44. The number of benzene rings is 1. The summed E-state index contributed by atoms with van der Waals surface area (Å²) in [5.41, 5.74) is 1.13. The third-order valence-electron chi connectivity index (χ3n) is 4.66. The Bertz CT molecular complexity index is 832. The van der Waals surface area contributed by atoms with Crippen LogP contribution in [0.3, 0.4) is 0 Å². The van der Waals surface area contributed by atoms with Gasteiger partial charge in [-0.1, -0.05) is 12.1 Å². The van der Waals surface area contributed by atoms with E-state index in [4.69, 9.17) is 0 Å². The van der Waals surface area contributed by atoms with Gasteiger partial charge < -0.3 is 9.47 Å². The monoisotopic (exact) mass is 380 g/mol. The van der Waals surface area contributed by atoms with E-state index in [2.05, 4.69) is 0 Å². The van der Waals surface area contributed by atoms with Crippen LogP contribution >= 0.6 is 0 Å². The molecule has 0 N–H and O–H groups in total. The third kappa shape index (κ3) is 4.40. The number of alkyl halides is 3. The van der Waals surface area contributed by atoms with Crippen LogP contribution in [0.2, 0.25) is 0 Å². The summed E-state index contributed by atoms with van der Waals surface area (Å²) in [6.45, 7) is 6.77. The Morgan fingerprint density at radius 1 is 1.07 bits per heavy atom. The van der Waals surface area contributed by atoms with E-state index in [0.29, 0.717) is 30.0 Å². The first-order valence-electron chi connectivity index (χ1n) is 8.75. The van der Waals surface area contributed by atoms with Crippen LogP contribution in [-0.2, 0) is 24.4 Å². The fourth-order valence-electron chi connectivity index (χ4n) is 3.11. The lowest BCUT2D eigenvalue weighted by Crippen LogP contribution is -2.32. The van der Waals surface area contributed by atoms with Gasteiger partial charge in [-0.2, -0.15) is 13.2 Å². The molecule has 0 saturated heterocycles. The molecule has 0 bridgehead atoms. The Labute approximate surface area is 156 Å². The first-order chi connectivity index (χ1) is 12.6. The summed E-state index contributed by atoms with van der Waals surface area (Å²) >= 11 is 0. The number of carbonyl (C=O) groups is 2. The van der Waals surface area contributed by atoms with Gasteiger partial charge in [-0.25, -0.2) is 0 Å². The highest BCUT2D eigenvalue weighted by atomic mass is 19.4. The third-order valence-corrected chi connectivity index (χ3v) is 4.66. The molecule has 2 aromatic rings. The summed E-state index contributed by atoms with van der Waals surface area (Å²) in [7, 11) is 1.69. The van der Waals surface area contributed by atoms with E-state index in [1.165, 1.54) is 12.1 Å². The van der Waals surface area contributed by atoms with Gasteiger partial charge in [0.1, 0.15) is 0 Å². The molecule has 0 radical (unpaired) electrons. The number of hydrogen-bond donors (Lipinski definition) is 0. The SMILES string of the molecule is CCN(CC)C(=O)Cc1cc(C)c(C(=O)c2ccc(C(F)(F)F)cc2)n1C. The molecule has 1 heterocycles. The second kappa shape index (κ2) is 7.98. The fourth-order valence-corrected chi connectivity index (χ4v) is 3.11. The van der Waals surface area contributed by atoms with Crippen molar-refractivity contribution in [3.63, 3.8) is 0 Å². The van der Waals surface area contributed by atoms with Crippen molar-refractivity contribution < 1.29 is 22.8 Å². The molecule has 0 fully saturated rings. The molecule has 0 aliphatic rings. The summed E-state index contributed by atoms with van der Waals surface area (Å²) in [6.07, 6.45) is -4.28. The van der Waals surface area contributed by atoms with Gasteiger partial charge in [-0.3, -0.25) is 9.59 Å². The van der Waals surface area contributed by atoms with Gasteiger partial charge in [-0.15, -0.1) is 0 Å². The summed E-state index contributed by atoms with van der Waals surface area (Å²) < 4.78 is 39.7. The molecule has 0 atom stereocenters. The quantitative estimate of drug-likeness (QED) is 0.711. The van der Waals surface area contributed by atoms with Crippen LogP contribution in [-0.4, -0.2) is 34.2 Å². The van der Waals surface area contributed by atoms with Crippen molar-refractivity contribution in [2.45, 2.75) is 33.4 Å². The summed E-state index contributed by atoms with van der Waals surface area (Å²) in [6, 6.07) is 5.93. The highest BCUT2D eigenvalue weighted by Gasteiger charge is 2.30. The Morgan fingerprint density at radius 3 is 2.11 bits per heavy atom. The lowest BCUT2D eigenvalue weighted by atomic mass is 10.0. The van der Waals surface area contributed by atoms with Crippen LogP contribution in [0.1, 0.15) is 46.7 Å². The van der Waals surface area contributed by atoms with Crippen molar-refractivity contribution in [1.29, 1.82) is 0 Å². The van der Waals surface area contributed by atoms with Crippen molar-refractivity contribution >= 4 is 11.7 Å². The number of halogens is 3. The zero-order valence-corrected chi connectivity index (χ0v) is 15.9. The van der Waals surface area contributed by atoms with E-state index < -0.39 is 11.7 Å². The molecule has 2 rings (SSSR count). The van der Waals surface area contributed by atoms with Crippen molar-refractivity contribution in [1.82, 2.24) is 9.47 Å². The van der Waals surface area contributed by atoms with E-state index in [1.54, 1.807) is 29.5 Å². The highest BCUT2D eigenvalue weighted by molar-refractivity contribution is 6.09. The maximum Gasteiger partial charge on any atom is 0.416 e. The van der Waals surface area contributed by atoms with E-state index in [1.807, 2.05) is 13.8 Å². The largest absolute Gasteiger partial charge is 0.416 e. The van der Waals surface area contributed by atoms with Gasteiger partial charge in [0.2, 0.25) is 11.7 Å². The van der Waals surface area contributed by atoms with Crippen LogP contribution in [0, 0.1) is 6.92 Å². The summed E-state index contributed by atoms with van der Waals surface area (Å²) in [5.74, 6) is -0.403. The molecule has 0 aliphatic carbocycles.